The van der Waals surface area contributed by atoms with Crippen molar-refractivity contribution >= 4 is 39.9 Å². The van der Waals surface area contributed by atoms with E-state index in [4.69, 9.17) is 4.74 Å². The second kappa shape index (κ2) is 9.16. The van der Waals surface area contributed by atoms with Gasteiger partial charge in [-0.2, -0.15) is 0 Å². The lowest BCUT2D eigenvalue weighted by Crippen LogP contribution is -2.19. The predicted molar refractivity (Wildman–Crippen MR) is 102 cm³/mol. The van der Waals surface area contributed by atoms with Crippen molar-refractivity contribution in [2.24, 2.45) is 0 Å². The molecular weight excluding hydrogens is 375 g/mol. The lowest BCUT2D eigenvalue weighted by molar-refractivity contribution is 0.262. The van der Waals surface area contributed by atoms with E-state index in [0.29, 0.717) is 21.8 Å². The Labute approximate surface area is 157 Å². The Balaban J connectivity index is 1.42. The number of amides is 2. The summed E-state index contributed by atoms with van der Waals surface area (Å²) in [5.41, 5.74) is 0.0992. The summed E-state index contributed by atoms with van der Waals surface area (Å²) in [5.74, 6) is 1.01. The van der Waals surface area contributed by atoms with Crippen LogP contribution in [0.15, 0.2) is 58.9 Å². The fraction of sp³-hybridized carbons (Fsp3) is 0.118. The van der Waals surface area contributed by atoms with Crippen molar-refractivity contribution in [2.75, 3.05) is 23.0 Å². The Morgan fingerprint density at radius 3 is 2.65 bits per heavy atom. The third-order valence-electron chi connectivity index (χ3n) is 3.07. The van der Waals surface area contributed by atoms with Crippen LogP contribution >= 0.6 is 23.1 Å². The fourth-order valence-electron chi connectivity index (χ4n) is 1.94. The first-order chi connectivity index (χ1) is 12.7. The van der Waals surface area contributed by atoms with Gasteiger partial charge >= 0.3 is 6.03 Å². The van der Waals surface area contributed by atoms with Crippen molar-refractivity contribution in [3.05, 3.63) is 60.4 Å². The summed E-state index contributed by atoms with van der Waals surface area (Å²) < 4.78 is 19.8. The van der Waals surface area contributed by atoms with Crippen LogP contribution < -0.4 is 15.4 Å². The molecule has 1 heterocycles. The Morgan fingerprint density at radius 1 is 1.08 bits per heavy atom. The number of hydrogen-bond acceptors (Lipinski definition) is 6. The molecule has 2 aromatic carbocycles. The molecule has 0 spiro atoms. The maximum atomic E-state index is 13.5. The van der Waals surface area contributed by atoms with E-state index in [0.717, 1.165) is 5.75 Å². The highest BCUT2D eigenvalue weighted by Crippen LogP contribution is 2.25. The minimum atomic E-state index is -0.574. The minimum Gasteiger partial charge on any atom is -0.493 e. The highest BCUT2D eigenvalue weighted by molar-refractivity contribution is 8.01. The molecule has 2 N–H and O–H groups in total. The molecule has 0 fully saturated rings. The van der Waals surface area contributed by atoms with Gasteiger partial charge in [0.15, 0.2) is 4.34 Å². The summed E-state index contributed by atoms with van der Waals surface area (Å²) in [5, 5.41) is 13.2. The van der Waals surface area contributed by atoms with Crippen molar-refractivity contribution in [2.45, 2.75) is 4.34 Å². The van der Waals surface area contributed by atoms with Gasteiger partial charge in [0.05, 0.1) is 12.3 Å². The molecule has 0 atom stereocenters. The molecule has 0 unspecified atom stereocenters. The van der Waals surface area contributed by atoms with E-state index in [9.17, 15) is 9.18 Å². The minimum absolute atomic E-state index is 0.0992. The Morgan fingerprint density at radius 2 is 1.85 bits per heavy atom. The van der Waals surface area contributed by atoms with Crippen LogP contribution in [0.3, 0.4) is 0 Å². The van der Waals surface area contributed by atoms with Crippen LogP contribution in [0.5, 0.6) is 5.75 Å². The average molecular weight is 390 g/mol. The molecule has 6 nitrogen and oxygen atoms in total. The quantitative estimate of drug-likeness (QED) is 0.353. The van der Waals surface area contributed by atoms with E-state index in [-0.39, 0.29) is 5.69 Å². The number of para-hydroxylation sites is 2. The molecule has 0 aliphatic rings. The largest absolute Gasteiger partial charge is 0.493 e. The van der Waals surface area contributed by atoms with Crippen LogP contribution in [0.25, 0.3) is 0 Å². The molecule has 26 heavy (non-hydrogen) atoms. The third kappa shape index (κ3) is 5.43. The van der Waals surface area contributed by atoms with Crippen LogP contribution in [-0.4, -0.2) is 28.6 Å². The van der Waals surface area contributed by atoms with Crippen molar-refractivity contribution in [3.63, 3.8) is 0 Å². The first-order valence-corrected chi connectivity index (χ1v) is 9.47. The van der Waals surface area contributed by atoms with Gasteiger partial charge in [-0.15, -0.1) is 10.2 Å². The average Bonchev–Trinajstić information content (AvgIpc) is 3.09. The molecule has 134 valence electrons. The summed E-state index contributed by atoms with van der Waals surface area (Å²) in [6.07, 6.45) is 0. The molecule has 3 aromatic rings. The summed E-state index contributed by atoms with van der Waals surface area (Å²) in [6, 6.07) is 14.9. The number of urea groups is 1. The molecule has 0 saturated heterocycles. The van der Waals surface area contributed by atoms with Gasteiger partial charge < -0.3 is 10.1 Å². The molecule has 2 amide bonds. The number of anilines is 2. The van der Waals surface area contributed by atoms with Crippen LogP contribution in [-0.2, 0) is 0 Å². The number of nitrogens with zero attached hydrogens (tertiary/aromatic N) is 2. The van der Waals surface area contributed by atoms with Crippen molar-refractivity contribution in [1.82, 2.24) is 10.2 Å². The van der Waals surface area contributed by atoms with E-state index in [1.165, 1.54) is 35.2 Å². The van der Waals surface area contributed by atoms with E-state index in [1.807, 2.05) is 30.3 Å². The number of thioether (sulfide) groups is 1. The van der Waals surface area contributed by atoms with Crippen molar-refractivity contribution < 1.29 is 13.9 Å². The Kier molecular flexibility index (Phi) is 6.39. The van der Waals surface area contributed by atoms with Gasteiger partial charge in [-0.1, -0.05) is 53.4 Å². The predicted octanol–water partition coefficient (Wildman–Crippen LogP) is 4.49. The Hall–Kier alpha value is -2.65. The second-order valence-corrected chi connectivity index (χ2v) is 7.26. The van der Waals surface area contributed by atoms with E-state index in [1.54, 1.807) is 12.1 Å². The molecule has 0 bridgehead atoms. The SMILES string of the molecule is O=C(Nc1nnc(SCCOc2ccccc2)s1)Nc1ccccc1F. The molecular formula is C17H15FN4O2S2. The first-order valence-electron chi connectivity index (χ1n) is 7.67. The lowest BCUT2D eigenvalue weighted by atomic mass is 10.3. The molecule has 9 heteroatoms. The summed E-state index contributed by atoms with van der Waals surface area (Å²) in [6.45, 7) is 0.533. The van der Waals surface area contributed by atoms with Gasteiger partial charge in [-0.3, -0.25) is 5.32 Å². The van der Waals surface area contributed by atoms with Gasteiger partial charge in [0.25, 0.3) is 0 Å². The van der Waals surface area contributed by atoms with Crippen LogP contribution in [0.2, 0.25) is 0 Å². The number of hydrogen-bond donors (Lipinski definition) is 2. The number of nitrogens with one attached hydrogen (secondary N) is 2. The van der Waals surface area contributed by atoms with E-state index >= 15 is 0 Å². The molecule has 1 aromatic heterocycles. The van der Waals surface area contributed by atoms with Gasteiger partial charge in [0.2, 0.25) is 5.13 Å². The smallest absolute Gasteiger partial charge is 0.325 e. The number of ether oxygens (including phenoxy) is 1. The zero-order chi connectivity index (χ0) is 18.2. The highest BCUT2D eigenvalue weighted by atomic mass is 32.2. The normalized spacial score (nSPS) is 10.3. The first kappa shape index (κ1) is 18.2. The number of benzene rings is 2. The number of rotatable bonds is 7. The third-order valence-corrected chi connectivity index (χ3v) is 5.01. The number of aromatic nitrogens is 2. The van der Waals surface area contributed by atoms with Crippen molar-refractivity contribution in [3.8, 4) is 5.75 Å². The second-order valence-electron chi connectivity index (χ2n) is 4.94. The topological polar surface area (TPSA) is 76.1 Å². The molecule has 3 rings (SSSR count). The maximum absolute atomic E-state index is 13.5. The highest BCUT2D eigenvalue weighted by Gasteiger charge is 2.10. The number of halogens is 1. The van der Waals surface area contributed by atoms with Crippen molar-refractivity contribution in [1.29, 1.82) is 0 Å². The van der Waals surface area contributed by atoms with Gasteiger partial charge in [-0.05, 0) is 24.3 Å². The lowest BCUT2D eigenvalue weighted by Gasteiger charge is -2.05. The fourth-order valence-corrected chi connectivity index (χ4v) is 3.57. The summed E-state index contributed by atoms with van der Waals surface area (Å²) >= 11 is 2.72. The molecule has 0 saturated carbocycles. The van der Waals surface area contributed by atoms with E-state index < -0.39 is 11.8 Å². The maximum Gasteiger partial charge on any atom is 0.325 e. The molecule has 0 radical (unpaired) electrons. The van der Waals surface area contributed by atoms with Gasteiger partial charge in [0, 0.05) is 5.75 Å². The summed E-state index contributed by atoms with van der Waals surface area (Å²) in [7, 11) is 0. The molecule has 0 aliphatic carbocycles. The van der Waals surface area contributed by atoms with Crippen LogP contribution in [0, 0.1) is 5.82 Å². The van der Waals surface area contributed by atoms with Gasteiger partial charge in [-0.25, -0.2) is 9.18 Å². The standard InChI is InChI=1S/C17H15FN4O2S2/c18-13-8-4-5-9-14(13)19-15(23)20-16-21-22-17(26-16)25-11-10-24-12-6-2-1-3-7-12/h1-9H,10-11H2,(H2,19,20,21,23). The summed E-state index contributed by atoms with van der Waals surface area (Å²) in [4.78, 5) is 11.9. The Bertz CT molecular complexity index is 861. The number of carbonyl (C=O) groups is 1. The van der Waals surface area contributed by atoms with Crippen LogP contribution in [0.4, 0.5) is 20.0 Å². The molecule has 0 aliphatic heterocycles. The zero-order valence-corrected chi connectivity index (χ0v) is 15.1. The zero-order valence-electron chi connectivity index (χ0n) is 13.5. The van der Waals surface area contributed by atoms with E-state index in [2.05, 4.69) is 20.8 Å². The number of carbonyl (C=O) groups excluding carboxylic acids is 1. The monoisotopic (exact) mass is 390 g/mol. The van der Waals surface area contributed by atoms with Gasteiger partial charge in [0.1, 0.15) is 11.6 Å². The van der Waals surface area contributed by atoms with Crippen LogP contribution in [0.1, 0.15) is 0 Å².